The molecule has 2 rings (SSSR count). The van der Waals surface area contributed by atoms with Crippen LogP contribution in [0.2, 0.25) is 0 Å². The highest BCUT2D eigenvalue weighted by molar-refractivity contribution is 9.10. The quantitative estimate of drug-likeness (QED) is 0.766. The van der Waals surface area contributed by atoms with Gasteiger partial charge in [-0.1, -0.05) is 11.6 Å². The summed E-state index contributed by atoms with van der Waals surface area (Å²) >= 11 is 5.09. The number of rotatable bonds is 3. The smallest absolute Gasteiger partial charge is 0.329 e. The number of carbonyl (C=O) groups is 2. The Morgan fingerprint density at radius 1 is 1.48 bits per heavy atom. The molecule has 1 saturated heterocycles. The number of nitrogens with zero attached hydrogens (tertiary/aromatic N) is 1. The third-order valence-corrected chi connectivity index (χ3v) is 5.01. The summed E-state index contributed by atoms with van der Waals surface area (Å²) in [6.45, 7) is 4.61. The maximum atomic E-state index is 12.8. The van der Waals surface area contributed by atoms with E-state index >= 15 is 0 Å². The van der Waals surface area contributed by atoms with Crippen LogP contribution in [0.4, 0.5) is 0 Å². The molecule has 4 nitrogen and oxygen atoms in total. The summed E-state index contributed by atoms with van der Waals surface area (Å²) in [5, 5.41) is 0. The van der Waals surface area contributed by atoms with Crippen molar-refractivity contribution in [2.24, 2.45) is 0 Å². The SMILES string of the molecule is CCOC(=O)C1CSCCN1C(=O)c1cc(C)ccc1Br. The number of amides is 1. The molecule has 6 heteroatoms. The van der Waals surface area contributed by atoms with E-state index in [1.54, 1.807) is 23.6 Å². The van der Waals surface area contributed by atoms with Crippen LogP contribution in [0.25, 0.3) is 0 Å². The Morgan fingerprint density at radius 2 is 2.24 bits per heavy atom. The fraction of sp³-hybridized carbons (Fsp3) is 0.467. The molecule has 1 aliphatic rings. The second-order valence-corrected chi connectivity index (χ2v) is 6.83. The van der Waals surface area contributed by atoms with Crippen molar-refractivity contribution < 1.29 is 14.3 Å². The molecule has 114 valence electrons. The van der Waals surface area contributed by atoms with Gasteiger partial charge in [0.1, 0.15) is 6.04 Å². The normalized spacial score (nSPS) is 18.4. The Hall–Kier alpha value is -1.01. The van der Waals surface area contributed by atoms with E-state index in [0.29, 0.717) is 24.5 Å². The van der Waals surface area contributed by atoms with E-state index in [4.69, 9.17) is 4.74 Å². The molecule has 0 saturated carbocycles. The zero-order valence-corrected chi connectivity index (χ0v) is 14.5. The van der Waals surface area contributed by atoms with E-state index in [0.717, 1.165) is 15.8 Å². The molecule has 21 heavy (non-hydrogen) atoms. The van der Waals surface area contributed by atoms with Gasteiger partial charge < -0.3 is 9.64 Å². The summed E-state index contributed by atoms with van der Waals surface area (Å²) in [7, 11) is 0. The Kier molecular flexibility index (Phi) is 5.70. The molecule has 1 aromatic rings. The van der Waals surface area contributed by atoms with Crippen LogP contribution >= 0.6 is 27.7 Å². The predicted molar refractivity (Wildman–Crippen MR) is 87.7 cm³/mol. The zero-order chi connectivity index (χ0) is 15.4. The lowest BCUT2D eigenvalue weighted by molar-refractivity contribution is -0.147. The van der Waals surface area contributed by atoms with Gasteiger partial charge in [0, 0.05) is 22.5 Å². The number of esters is 1. The zero-order valence-electron chi connectivity index (χ0n) is 12.1. The maximum absolute atomic E-state index is 12.8. The van der Waals surface area contributed by atoms with Gasteiger partial charge in [-0.3, -0.25) is 4.79 Å². The first-order chi connectivity index (χ1) is 10.0. The Morgan fingerprint density at radius 3 is 2.95 bits per heavy atom. The van der Waals surface area contributed by atoms with Crippen molar-refractivity contribution >= 4 is 39.6 Å². The number of benzene rings is 1. The number of aryl methyl sites for hydroxylation is 1. The van der Waals surface area contributed by atoms with Crippen molar-refractivity contribution in [3.63, 3.8) is 0 Å². The van der Waals surface area contributed by atoms with Crippen LogP contribution in [0.15, 0.2) is 22.7 Å². The highest BCUT2D eigenvalue weighted by Crippen LogP contribution is 2.24. The van der Waals surface area contributed by atoms with Crippen LogP contribution in [0.3, 0.4) is 0 Å². The van der Waals surface area contributed by atoms with Crippen molar-refractivity contribution in [1.29, 1.82) is 0 Å². The highest BCUT2D eigenvalue weighted by atomic mass is 79.9. The van der Waals surface area contributed by atoms with Crippen LogP contribution in [0.5, 0.6) is 0 Å². The molecule has 1 amide bonds. The molecule has 1 atom stereocenters. The molecule has 0 N–H and O–H groups in total. The van der Waals surface area contributed by atoms with Crippen LogP contribution in [-0.2, 0) is 9.53 Å². The van der Waals surface area contributed by atoms with Crippen molar-refractivity contribution in [2.75, 3.05) is 24.7 Å². The monoisotopic (exact) mass is 371 g/mol. The highest BCUT2D eigenvalue weighted by Gasteiger charge is 2.34. The molecular weight excluding hydrogens is 354 g/mol. The molecular formula is C15H18BrNO3S. The number of hydrogen-bond donors (Lipinski definition) is 0. The predicted octanol–water partition coefficient (Wildman–Crippen LogP) is 2.88. The van der Waals surface area contributed by atoms with Gasteiger partial charge in [-0.25, -0.2) is 4.79 Å². The molecule has 1 heterocycles. The van der Waals surface area contributed by atoms with Crippen molar-refractivity contribution in [1.82, 2.24) is 4.90 Å². The molecule has 1 fully saturated rings. The summed E-state index contributed by atoms with van der Waals surface area (Å²) in [5.74, 6) is 0.991. The van der Waals surface area contributed by atoms with Gasteiger partial charge in [-0.05, 0) is 41.9 Å². The average molecular weight is 372 g/mol. The van der Waals surface area contributed by atoms with Gasteiger partial charge in [-0.2, -0.15) is 11.8 Å². The van der Waals surface area contributed by atoms with Gasteiger partial charge in [0.15, 0.2) is 0 Å². The van der Waals surface area contributed by atoms with Gasteiger partial charge in [-0.15, -0.1) is 0 Å². The second-order valence-electron chi connectivity index (χ2n) is 4.82. The maximum Gasteiger partial charge on any atom is 0.329 e. The topological polar surface area (TPSA) is 46.6 Å². The van der Waals surface area contributed by atoms with Crippen molar-refractivity contribution in [3.8, 4) is 0 Å². The number of ether oxygens (including phenoxy) is 1. The second kappa shape index (κ2) is 7.31. The van der Waals surface area contributed by atoms with E-state index in [-0.39, 0.29) is 11.9 Å². The fourth-order valence-electron chi connectivity index (χ4n) is 2.24. The largest absolute Gasteiger partial charge is 0.464 e. The van der Waals surface area contributed by atoms with Gasteiger partial charge in [0.2, 0.25) is 0 Å². The van der Waals surface area contributed by atoms with Crippen LogP contribution in [-0.4, -0.2) is 47.5 Å². The van der Waals surface area contributed by atoms with Crippen LogP contribution in [0.1, 0.15) is 22.8 Å². The molecule has 0 spiro atoms. The third kappa shape index (κ3) is 3.80. The lowest BCUT2D eigenvalue weighted by Gasteiger charge is -2.34. The van der Waals surface area contributed by atoms with E-state index in [9.17, 15) is 9.59 Å². The standard InChI is InChI=1S/C15H18BrNO3S/c1-3-20-15(19)13-9-21-7-6-17(13)14(18)11-8-10(2)4-5-12(11)16/h4-5,8,13H,3,6-7,9H2,1-2H3. The molecule has 1 unspecified atom stereocenters. The van der Waals surface area contributed by atoms with E-state index in [1.165, 1.54) is 0 Å². The number of hydrogen-bond acceptors (Lipinski definition) is 4. The van der Waals surface area contributed by atoms with Gasteiger partial charge in [0.25, 0.3) is 5.91 Å². The molecule has 1 aromatic carbocycles. The van der Waals surface area contributed by atoms with Crippen LogP contribution in [0, 0.1) is 6.92 Å². The van der Waals surface area contributed by atoms with Crippen molar-refractivity contribution in [2.45, 2.75) is 19.9 Å². The fourth-order valence-corrected chi connectivity index (χ4v) is 3.69. The molecule has 0 radical (unpaired) electrons. The summed E-state index contributed by atoms with van der Waals surface area (Å²) in [4.78, 5) is 26.5. The lowest BCUT2D eigenvalue weighted by Crippen LogP contribution is -2.51. The van der Waals surface area contributed by atoms with E-state index < -0.39 is 6.04 Å². The first kappa shape index (κ1) is 16.4. The minimum absolute atomic E-state index is 0.121. The Balaban J connectivity index is 2.26. The minimum atomic E-state index is -0.497. The Bertz CT molecular complexity index is 550. The lowest BCUT2D eigenvalue weighted by atomic mass is 10.1. The number of halogens is 1. The molecule has 0 bridgehead atoms. The summed E-state index contributed by atoms with van der Waals surface area (Å²) in [6, 6.07) is 5.15. The summed E-state index contributed by atoms with van der Waals surface area (Å²) in [6.07, 6.45) is 0. The number of carbonyl (C=O) groups excluding carboxylic acids is 2. The summed E-state index contributed by atoms with van der Waals surface area (Å²) < 4.78 is 5.84. The number of thioether (sulfide) groups is 1. The molecule has 0 aromatic heterocycles. The first-order valence-corrected chi connectivity index (χ1v) is 8.81. The third-order valence-electron chi connectivity index (χ3n) is 3.30. The first-order valence-electron chi connectivity index (χ1n) is 6.86. The van der Waals surface area contributed by atoms with Gasteiger partial charge in [0.05, 0.1) is 12.2 Å². The molecule has 1 aliphatic heterocycles. The van der Waals surface area contributed by atoms with E-state index in [1.807, 2.05) is 25.1 Å². The Labute approximate surface area is 137 Å². The molecule has 0 aliphatic carbocycles. The average Bonchev–Trinajstić information content (AvgIpc) is 2.49. The minimum Gasteiger partial charge on any atom is -0.464 e. The summed E-state index contributed by atoms with van der Waals surface area (Å²) in [5.41, 5.74) is 1.61. The van der Waals surface area contributed by atoms with Gasteiger partial charge >= 0.3 is 5.97 Å². The van der Waals surface area contributed by atoms with Crippen LogP contribution < -0.4 is 0 Å². The van der Waals surface area contributed by atoms with E-state index in [2.05, 4.69) is 15.9 Å². The van der Waals surface area contributed by atoms with Crippen molar-refractivity contribution in [3.05, 3.63) is 33.8 Å².